The van der Waals surface area contributed by atoms with Crippen molar-refractivity contribution in [2.24, 2.45) is 0 Å². The number of imidazole rings is 1. The van der Waals surface area contributed by atoms with Crippen molar-refractivity contribution in [2.75, 3.05) is 13.6 Å². The Kier molecular flexibility index (Phi) is 2.92. The fraction of sp³-hybridized carbons (Fsp3) is 0.231. The van der Waals surface area contributed by atoms with E-state index in [1.807, 2.05) is 31.3 Å². The average molecular weight is 257 g/mol. The molecule has 0 amide bonds. The number of hydrogen-bond donors (Lipinski definition) is 4. The van der Waals surface area contributed by atoms with E-state index in [-0.39, 0.29) is 5.69 Å². The summed E-state index contributed by atoms with van der Waals surface area (Å²) in [5.41, 5.74) is 4.36. The van der Waals surface area contributed by atoms with Gasteiger partial charge >= 0.3 is 5.69 Å². The van der Waals surface area contributed by atoms with Crippen molar-refractivity contribution in [3.63, 3.8) is 0 Å². The van der Waals surface area contributed by atoms with Gasteiger partial charge in [-0.05, 0) is 25.2 Å². The largest absolute Gasteiger partial charge is 0.323 e. The molecule has 0 saturated heterocycles. The lowest BCUT2D eigenvalue weighted by Gasteiger charge is -1.96. The molecule has 98 valence electrons. The molecule has 6 heteroatoms. The second-order valence-electron chi connectivity index (χ2n) is 4.47. The van der Waals surface area contributed by atoms with E-state index in [1.165, 1.54) is 0 Å². The highest BCUT2D eigenvalue weighted by molar-refractivity contribution is 5.80. The molecular weight excluding hydrogens is 242 g/mol. The predicted octanol–water partition coefficient (Wildman–Crippen LogP) is 1.01. The smallest absolute Gasteiger partial charge is 0.319 e. The van der Waals surface area contributed by atoms with Gasteiger partial charge in [-0.15, -0.1) is 0 Å². The van der Waals surface area contributed by atoms with Gasteiger partial charge in [-0.25, -0.2) is 4.79 Å². The molecule has 0 fully saturated rings. The number of nitrogens with one attached hydrogen (secondary N) is 4. The van der Waals surface area contributed by atoms with Crippen LogP contribution in [0.1, 0.15) is 5.69 Å². The van der Waals surface area contributed by atoms with Gasteiger partial charge in [-0.1, -0.05) is 6.07 Å². The van der Waals surface area contributed by atoms with Gasteiger partial charge in [0.1, 0.15) is 0 Å². The van der Waals surface area contributed by atoms with Crippen LogP contribution in [0.4, 0.5) is 0 Å². The number of likely N-dealkylation sites (N-methyl/N-ethyl adjacent to an activating group) is 1. The van der Waals surface area contributed by atoms with E-state index in [0.717, 1.165) is 41.0 Å². The Labute approximate surface area is 109 Å². The normalized spacial score (nSPS) is 11.2. The number of nitrogens with zero attached hydrogens (tertiary/aromatic N) is 1. The van der Waals surface area contributed by atoms with E-state index < -0.39 is 0 Å². The molecule has 0 spiro atoms. The zero-order chi connectivity index (χ0) is 13.2. The highest BCUT2D eigenvalue weighted by Crippen LogP contribution is 2.21. The molecule has 0 atom stereocenters. The van der Waals surface area contributed by atoms with Gasteiger partial charge in [0.25, 0.3) is 0 Å². The van der Waals surface area contributed by atoms with Gasteiger partial charge in [0.2, 0.25) is 0 Å². The van der Waals surface area contributed by atoms with Crippen LogP contribution in [0, 0.1) is 0 Å². The maximum Gasteiger partial charge on any atom is 0.323 e. The molecule has 19 heavy (non-hydrogen) atoms. The third-order valence-electron chi connectivity index (χ3n) is 3.09. The SMILES string of the molecule is CNCCc1cc(-c2ccc3[nH]c(=O)[nH]c3c2)n[nH]1. The van der Waals surface area contributed by atoms with E-state index in [4.69, 9.17) is 0 Å². The van der Waals surface area contributed by atoms with E-state index in [1.54, 1.807) is 0 Å². The monoisotopic (exact) mass is 257 g/mol. The van der Waals surface area contributed by atoms with E-state index in [0.29, 0.717) is 0 Å². The molecule has 4 N–H and O–H groups in total. The fourth-order valence-electron chi connectivity index (χ4n) is 2.09. The Hall–Kier alpha value is -2.34. The van der Waals surface area contributed by atoms with Gasteiger partial charge < -0.3 is 15.3 Å². The molecule has 0 saturated carbocycles. The highest BCUT2D eigenvalue weighted by atomic mass is 16.1. The minimum absolute atomic E-state index is 0.191. The molecule has 0 radical (unpaired) electrons. The Morgan fingerprint density at radius 3 is 2.89 bits per heavy atom. The second-order valence-corrected chi connectivity index (χ2v) is 4.47. The van der Waals surface area contributed by atoms with Gasteiger partial charge in [0.05, 0.1) is 16.7 Å². The first-order valence-corrected chi connectivity index (χ1v) is 6.17. The standard InChI is InChI=1S/C13H15N5O/c1-14-5-4-9-7-11(18-17-9)8-2-3-10-12(6-8)16-13(19)15-10/h2-3,6-7,14H,4-5H2,1H3,(H,17,18)(H2,15,16,19). The zero-order valence-electron chi connectivity index (χ0n) is 10.6. The van der Waals surface area contributed by atoms with Crippen LogP contribution in [0.5, 0.6) is 0 Å². The first kappa shape index (κ1) is 11.7. The number of fused-ring (bicyclic) bond motifs is 1. The van der Waals surface area contributed by atoms with Gasteiger partial charge in [-0.3, -0.25) is 5.10 Å². The summed E-state index contributed by atoms with van der Waals surface area (Å²) < 4.78 is 0. The molecule has 2 aromatic heterocycles. The number of rotatable bonds is 4. The number of aromatic amines is 3. The van der Waals surface area contributed by atoms with Crippen molar-refractivity contribution >= 4 is 11.0 Å². The van der Waals surface area contributed by atoms with Crippen LogP contribution in [0.3, 0.4) is 0 Å². The second kappa shape index (κ2) is 4.74. The Morgan fingerprint density at radius 2 is 2.05 bits per heavy atom. The van der Waals surface area contributed by atoms with Crippen LogP contribution in [-0.2, 0) is 6.42 Å². The summed E-state index contributed by atoms with van der Waals surface area (Å²) in [6.45, 7) is 0.909. The van der Waals surface area contributed by atoms with Crippen LogP contribution < -0.4 is 11.0 Å². The zero-order valence-corrected chi connectivity index (χ0v) is 10.6. The van der Waals surface area contributed by atoms with Gasteiger partial charge in [-0.2, -0.15) is 5.10 Å². The first-order valence-electron chi connectivity index (χ1n) is 6.17. The van der Waals surface area contributed by atoms with E-state index in [2.05, 4.69) is 25.5 Å². The number of aromatic nitrogens is 4. The number of hydrogen-bond acceptors (Lipinski definition) is 3. The third-order valence-corrected chi connectivity index (χ3v) is 3.09. The van der Waals surface area contributed by atoms with Gasteiger partial charge in [0.15, 0.2) is 0 Å². The van der Waals surface area contributed by atoms with E-state index >= 15 is 0 Å². The van der Waals surface area contributed by atoms with E-state index in [9.17, 15) is 4.79 Å². The van der Waals surface area contributed by atoms with Crippen molar-refractivity contribution in [3.8, 4) is 11.3 Å². The molecule has 0 aliphatic carbocycles. The molecule has 0 unspecified atom stereocenters. The minimum atomic E-state index is -0.191. The molecular formula is C13H15N5O. The molecule has 1 aromatic carbocycles. The maximum absolute atomic E-state index is 11.2. The Morgan fingerprint density at radius 1 is 1.21 bits per heavy atom. The van der Waals surface area contributed by atoms with Crippen molar-refractivity contribution in [3.05, 3.63) is 40.4 Å². The summed E-state index contributed by atoms with van der Waals surface area (Å²) in [4.78, 5) is 16.7. The van der Waals surface area contributed by atoms with Crippen LogP contribution in [0.2, 0.25) is 0 Å². The maximum atomic E-state index is 11.2. The van der Waals surface area contributed by atoms with Crippen LogP contribution >= 0.6 is 0 Å². The lowest BCUT2D eigenvalue weighted by molar-refractivity contribution is 0.772. The van der Waals surface area contributed by atoms with Crippen molar-refractivity contribution < 1.29 is 0 Å². The van der Waals surface area contributed by atoms with Crippen molar-refractivity contribution in [1.82, 2.24) is 25.5 Å². The van der Waals surface area contributed by atoms with Crippen LogP contribution in [-0.4, -0.2) is 33.8 Å². The molecule has 0 aliphatic rings. The fourth-order valence-corrected chi connectivity index (χ4v) is 2.09. The summed E-state index contributed by atoms with van der Waals surface area (Å²) >= 11 is 0. The molecule has 3 aromatic rings. The highest BCUT2D eigenvalue weighted by Gasteiger charge is 2.06. The summed E-state index contributed by atoms with van der Waals surface area (Å²) in [7, 11) is 1.92. The molecule has 0 bridgehead atoms. The predicted molar refractivity (Wildman–Crippen MR) is 74.1 cm³/mol. The molecule has 6 nitrogen and oxygen atoms in total. The molecule has 0 aliphatic heterocycles. The third kappa shape index (κ3) is 2.30. The van der Waals surface area contributed by atoms with Crippen LogP contribution in [0.25, 0.3) is 22.3 Å². The van der Waals surface area contributed by atoms with Crippen LogP contribution in [0.15, 0.2) is 29.1 Å². The Balaban J connectivity index is 1.94. The minimum Gasteiger partial charge on any atom is -0.319 e. The van der Waals surface area contributed by atoms with Crippen molar-refractivity contribution in [2.45, 2.75) is 6.42 Å². The lowest BCUT2D eigenvalue weighted by atomic mass is 10.1. The average Bonchev–Trinajstić information content (AvgIpc) is 3.00. The summed E-state index contributed by atoms with van der Waals surface area (Å²) in [5, 5.41) is 10.4. The first-order chi connectivity index (χ1) is 9.26. The quantitative estimate of drug-likeness (QED) is 0.562. The summed E-state index contributed by atoms with van der Waals surface area (Å²) in [5.74, 6) is 0. The van der Waals surface area contributed by atoms with Gasteiger partial charge in [0, 0.05) is 24.2 Å². The van der Waals surface area contributed by atoms with Crippen molar-refractivity contribution in [1.29, 1.82) is 0 Å². The molecule has 3 rings (SSSR count). The number of H-pyrrole nitrogens is 3. The topological polar surface area (TPSA) is 89.4 Å². The molecule has 2 heterocycles. The Bertz CT molecular complexity index is 752. The lowest BCUT2D eigenvalue weighted by Crippen LogP contribution is -2.10. The summed E-state index contributed by atoms with van der Waals surface area (Å²) in [6, 6.07) is 7.78. The summed E-state index contributed by atoms with van der Waals surface area (Å²) in [6.07, 6.45) is 0.909. The number of benzene rings is 1.